The summed E-state index contributed by atoms with van der Waals surface area (Å²) in [6.45, 7) is 32.4. The summed E-state index contributed by atoms with van der Waals surface area (Å²) in [5, 5.41) is -0.0146. The van der Waals surface area contributed by atoms with Gasteiger partial charge in [-0.05, 0) is 147 Å². The van der Waals surface area contributed by atoms with E-state index in [4.69, 9.17) is 24.9 Å². The minimum atomic E-state index is -2.38. The van der Waals surface area contributed by atoms with Gasteiger partial charge in [-0.2, -0.15) is 0 Å². The summed E-state index contributed by atoms with van der Waals surface area (Å²) in [4.78, 5) is 13.9. The lowest BCUT2D eigenvalue weighted by Crippen LogP contribution is -2.57. The van der Waals surface area contributed by atoms with Crippen LogP contribution in [0.15, 0.2) is 47.1 Å². The number of ether oxygens (including phenoxy) is 2. The Morgan fingerprint density at radius 1 is 0.923 bits per heavy atom. The van der Waals surface area contributed by atoms with E-state index >= 15 is 0 Å². The van der Waals surface area contributed by atoms with Gasteiger partial charge in [0, 0.05) is 12.8 Å². The zero-order chi connectivity index (χ0) is 38.1. The molecule has 6 saturated carbocycles. The molecule has 292 valence electrons. The van der Waals surface area contributed by atoms with E-state index in [0.29, 0.717) is 36.5 Å². The van der Waals surface area contributed by atoms with Crippen molar-refractivity contribution in [2.75, 3.05) is 6.61 Å². The average Bonchev–Trinajstić information content (AvgIpc) is 3.35. The van der Waals surface area contributed by atoms with Crippen molar-refractivity contribution < 1.29 is 23.1 Å². The van der Waals surface area contributed by atoms with Crippen molar-refractivity contribution in [3.05, 3.63) is 47.1 Å². The van der Waals surface area contributed by atoms with Gasteiger partial charge in [-0.25, -0.2) is 4.79 Å². The van der Waals surface area contributed by atoms with E-state index in [1.165, 1.54) is 32.1 Å². The molecule has 0 aromatic heterocycles. The van der Waals surface area contributed by atoms with Crippen molar-refractivity contribution in [3.63, 3.8) is 0 Å². The third kappa shape index (κ3) is 7.88. The minimum absolute atomic E-state index is 0.0288. The van der Waals surface area contributed by atoms with Crippen LogP contribution in [-0.4, -0.2) is 46.7 Å². The molecule has 0 saturated heterocycles. The normalized spacial score (nSPS) is 38.2. The summed E-state index contributed by atoms with van der Waals surface area (Å²) < 4.78 is 28.1. The van der Waals surface area contributed by atoms with E-state index in [1.807, 2.05) is 0 Å². The van der Waals surface area contributed by atoms with Crippen molar-refractivity contribution in [1.82, 2.24) is 0 Å². The SMILES string of the molecule is C=C1C(=CC=C2CCC[C@]3(C)C(CC)=CC[C@@H]23)C[C@@](OCC(=O)OC23CC4CC(CC(C4)C2)C3)(O[Si](C)(C)C(C)(C)C)C[C@@H]1O[Si](C)(C)C(C)(C)C. The van der Waals surface area contributed by atoms with Crippen molar-refractivity contribution in [2.24, 2.45) is 29.1 Å². The lowest BCUT2D eigenvalue weighted by atomic mass is 9.54. The maximum absolute atomic E-state index is 13.9. The fourth-order valence-electron chi connectivity index (χ4n) is 11.0. The first-order valence-corrected chi connectivity index (χ1v) is 26.8. The Morgan fingerprint density at radius 2 is 1.52 bits per heavy atom. The smallest absolute Gasteiger partial charge is 0.332 e. The van der Waals surface area contributed by atoms with Crippen LogP contribution in [-0.2, 0) is 23.1 Å². The van der Waals surface area contributed by atoms with Crippen LogP contribution < -0.4 is 0 Å². The van der Waals surface area contributed by atoms with Crippen LogP contribution >= 0.6 is 0 Å². The Morgan fingerprint density at radius 3 is 2.08 bits per heavy atom. The quantitative estimate of drug-likeness (QED) is 0.0963. The molecule has 5 nitrogen and oxygen atoms in total. The predicted octanol–water partition coefficient (Wildman–Crippen LogP) is 12.4. The van der Waals surface area contributed by atoms with Gasteiger partial charge >= 0.3 is 5.97 Å². The van der Waals surface area contributed by atoms with Gasteiger partial charge < -0.3 is 18.3 Å². The minimum Gasteiger partial charge on any atom is -0.457 e. The van der Waals surface area contributed by atoms with E-state index in [9.17, 15) is 4.79 Å². The molecule has 0 aromatic rings. The van der Waals surface area contributed by atoms with Gasteiger partial charge in [0.1, 0.15) is 12.2 Å². The Hall–Kier alpha value is -1.26. The molecule has 52 heavy (non-hydrogen) atoms. The largest absolute Gasteiger partial charge is 0.457 e. The molecular formula is C45H74O5Si2. The Balaban J connectivity index is 1.33. The van der Waals surface area contributed by atoms with Gasteiger partial charge in [0.2, 0.25) is 0 Å². The molecule has 0 N–H and O–H groups in total. The van der Waals surface area contributed by atoms with Gasteiger partial charge in [-0.1, -0.05) is 91.3 Å². The van der Waals surface area contributed by atoms with Gasteiger partial charge in [0.15, 0.2) is 22.4 Å². The average molecular weight is 751 g/mol. The van der Waals surface area contributed by atoms with E-state index in [2.05, 4.69) is 99.8 Å². The van der Waals surface area contributed by atoms with E-state index in [-0.39, 0.29) is 39.8 Å². The summed E-state index contributed by atoms with van der Waals surface area (Å²) in [5.74, 6) is 1.44. The molecule has 0 aromatic carbocycles. The first-order chi connectivity index (χ1) is 24.0. The maximum atomic E-state index is 13.9. The number of carbonyl (C=O) groups is 1. The molecule has 0 aliphatic heterocycles. The molecule has 7 rings (SSSR count). The van der Waals surface area contributed by atoms with E-state index < -0.39 is 22.4 Å². The number of esters is 1. The molecule has 0 radical (unpaired) electrons. The first-order valence-electron chi connectivity index (χ1n) is 21.0. The monoisotopic (exact) mass is 751 g/mol. The second kappa shape index (κ2) is 14.0. The lowest BCUT2D eigenvalue weighted by Gasteiger charge is -2.55. The van der Waals surface area contributed by atoms with Crippen LogP contribution in [0.5, 0.6) is 0 Å². The van der Waals surface area contributed by atoms with Gasteiger partial charge in [0.25, 0.3) is 0 Å². The summed E-state index contributed by atoms with van der Waals surface area (Å²) in [6.07, 6.45) is 21.0. The van der Waals surface area contributed by atoms with Gasteiger partial charge in [-0.15, -0.1) is 0 Å². The van der Waals surface area contributed by atoms with Crippen LogP contribution in [0.3, 0.4) is 0 Å². The molecule has 0 amide bonds. The highest BCUT2D eigenvalue weighted by atomic mass is 28.4. The van der Waals surface area contributed by atoms with E-state index in [0.717, 1.165) is 49.7 Å². The van der Waals surface area contributed by atoms with Crippen LogP contribution in [0.2, 0.25) is 36.3 Å². The summed E-state index contributed by atoms with van der Waals surface area (Å²) in [5.41, 5.74) is 5.33. The number of fused-ring (bicyclic) bond motifs is 1. The summed E-state index contributed by atoms with van der Waals surface area (Å²) in [7, 11) is -4.59. The fraction of sp³-hybridized carbons (Fsp3) is 0.800. The molecule has 4 atom stereocenters. The van der Waals surface area contributed by atoms with Crippen molar-refractivity contribution >= 4 is 22.6 Å². The second-order valence-electron chi connectivity index (χ2n) is 21.5. The van der Waals surface area contributed by atoms with Crippen LogP contribution in [0.25, 0.3) is 0 Å². The highest BCUT2D eigenvalue weighted by Gasteiger charge is 2.55. The van der Waals surface area contributed by atoms with Crippen molar-refractivity contribution in [1.29, 1.82) is 0 Å². The fourth-order valence-corrected chi connectivity index (χ4v) is 13.8. The van der Waals surface area contributed by atoms with Crippen LogP contribution in [0.1, 0.15) is 139 Å². The molecule has 7 aliphatic rings. The maximum Gasteiger partial charge on any atom is 0.332 e. The Kier molecular flexibility index (Phi) is 10.9. The molecule has 6 fully saturated rings. The number of hydrogen-bond acceptors (Lipinski definition) is 5. The number of carbonyl (C=O) groups excluding carboxylic acids is 1. The zero-order valence-electron chi connectivity index (χ0n) is 35.3. The lowest BCUT2D eigenvalue weighted by molar-refractivity contribution is -0.227. The molecule has 7 heteroatoms. The summed E-state index contributed by atoms with van der Waals surface area (Å²) in [6, 6.07) is 0. The molecule has 0 unspecified atom stereocenters. The Bertz CT molecular complexity index is 1450. The number of allylic oxidation sites excluding steroid dienone is 5. The molecule has 0 spiro atoms. The van der Waals surface area contributed by atoms with Crippen LogP contribution in [0.4, 0.5) is 0 Å². The number of hydrogen-bond donors (Lipinski definition) is 0. The standard InChI is InChI=1S/C45H74O5Si2/c1-14-37-19-20-38-35(16-15-21-43(37,38)9)17-18-36-28-45(50-52(12,13)42(6,7)8,29-39(31(36)2)49-51(10,11)41(3,4)5)47-30-40(46)48-44-25-32-22-33(26-44)24-34(23-32)27-44/h17-19,32-34,38-39H,2,14-16,20-30H2,1,3-13H3/t32?,33?,34?,38-,39-,43+,44?,45+/m0/s1. The van der Waals surface area contributed by atoms with Crippen molar-refractivity contribution in [2.45, 2.75) is 193 Å². The van der Waals surface area contributed by atoms with Crippen molar-refractivity contribution in [3.8, 4) is 0 Å². The molecular weight excluding hydrogens is 677 g/mol. The highest BCUT2D eigenvalue weighted by Crippen LogP contribution is 2.58. The molecule has 4 bridgehead atoms. The predicted molar refractivity (Wildman–Crippen MR) is 219 cm³/mol. The molecule has 0 heterocycles. The van der Waals surface area contributed by atoms with Crippen LogP contribution in [0, 0.1) is 29.1 Å². The number of rotatable bonds is 10. The third-order valence-electron chi connectivity index (χ3n) is 15.6. The topological polar surface area (TPSA) is 54.0 Å². The second-order valence-corrected chi connectivity index (χ2v) is 31.0. The Labute approximate surface area is 320 Å². The zero-order valence-corrected chi connectivity index (χ0v) is 37.3. The summed E-state index contributed by atoms with van der Waals surface area (Å²) >= 11 is 0. The van der Waals surface area contributed by atoms with E-state index in [1.54, 1.807) is 11.1 Å². The first kappa shape index (κ1) is 40.4. The highest BCUT2D eigenvalue weighted by molar-refractivity contribution is 6.74. The van der Waals surface area contributed by atoms with Gasteiger partial charge in [0.05, 0.1) is 6.10 Å². The third-order valence-corrected chi connectivity index (χ3v) is 24.6. The van der Waals surface area contributed by atoms with Gasteiger partial charge in [-0.3, -0.25) is 0 Å². The molecule has 7 aliphatic carbocycles.